The van der Waals surface area contributed by atoms with Gasteiger partial charge in [-0.1, -0.05) is 0 Å². The highest BCUT2D eigenvalue weighted by molar-refractivity contribution is 5.68. The van der Waals surface area contributed by atoms with E-state index >= 15 is 0 Å². The van der Waals surface area contributed by atoms with Crippen LogP contribution in [-0.4, -0.2) is 34.8 Å². The average Bonchev–Trinajstić information content (AvgIpc) is 2.41. The molecule has 5 nitrogen and oxygen atoms in total. The van der Waals surface area contributed by atoms with Gasteiger partial charge in [-0.15, -0.1) is 0 Å². The number of amides is 1. The molecule has 6 heteroatoms. The van der Waals surface area contributed by atoms with Crippen molar-refractivity contribution in [1.29, 1.82) is 0 Å². The normalized spacial score (nSPS) is 16.6. The van der Waals surface area contributed by atoms with Gasteiger partial charge in [-0.25, -0.2) is 9.18 Å². The Balaban J connectivity index is 2.01. The zero-order valence-electron chi connectivity index (χ0n) is 13.2. The van der Waals surface area contributed by atoms with Crippen molar-refractivity contribution in [3.63, 3.8) is 0 Å². The van der Waals surface area contributed by atoms with Crippen LogP contribution in [0.25, 0.3) is 0 Å². The van der Waals surface area contributed by atoms with E-state index in [0.29, 0.717) is 31.5 Å². The summed E-state index contributed by atoms with van der Waals surface area (Å²) in [6.45, 7) is 6.48. The highest BCUT2D eigenvalue weighted by Crippen LogP contribution is 2.34. The molecule has 1 aliphatic rings. The zero-order valence-corrected chi connectivity index (χ0v) is 13.2. The number of aromatic hydroxyl groups is 1. The van der Waals surface area contributed by atoms with Gasteiger partial charge in [0, 0.05) is 19.2 Å². The Labute approximate surface area is 129 Å². The van der Waals surface area contributed by atoms with Crippen LogP contribution in [0.15, 0.2) is 12.1 Å². The van der Waals surface area contributed by atoms with Crippen molar-refractivity contribution in [1.82, 2.24) is 4.90 Å². The topological polar surface area (TPSA) is 75.8 Å². The maximum atomic E-state index is 14.0. The van der Waals surface area contributed by atoms with E-state index in [-0.39, 0.29) is 23.4 Å². The predicted molar refractivity (Wildman–Crippen MR) is 82.3 cm³/mol. The average molecular weight is 310 g/mol. The first-order chi connectivity index (χ1) is 10.2. The predicted octanol–water partition coefficient (Wildman–Crippen LogP) is 3.23. The van der Waals surface area contributed by atoms with E-state index in [1.165, 1.54) is 6.07 Å². The summed E-state index contributed by atoms with van der Waals surface area (Å²) >= 11 is 0. The molecule has 0 radical (unpaired) electrons. The maximum Gasteiger partial charge on any atom is 0.410 e. The van der Waals surface area contributed by atoms with Gasteiger partial charge in [0.15, 0.2) is 0 Å². The van der Waals surface area contributed by atoms with Crippen LogP contribution in [0.5, 0.6) is 5.75 Å². The van der Waals surface area contributed by atoms with Crippen LogP contribution < -0.4 is 5.73 Å². The standard InChI is InChI=1S/C16H23FN2O3/c1-16(2,3)22-15(21)19-6-4-10(5-7-19)11-8-14(20)13(18)9-12(11)17/h8-10,20H,4-7,18H2,1-3H3. The first-order valence-electron chi connectivity index (χ1n) is 7.43. The molecule has 122 valence electrons. The van der Waals surface area contributed by atoms with Crippen LogP contribution in [0.2, 0.25) is 0 Å². The summed E-state index contributed by atoms with van der Waals surface area (Å²) in [5, 5.41) is 9.65. The highest BCUT2D eigenvalue weighted by Gasteiger charge is 2.28. The highest BCUT2D eigenvalue weighted by atomic mass is 19.1. The van der Waals surface area contributed by atoms with Crippen molar-refractivity contribution in [3.8, 4) is 5.75 Å². The number of anilines is 1. The molecule has 22 heavy (non-hydrogen) atoms. The van der Waals surface area contributed by atoms with Gasteiger partial charge in [0.1, 0.15) is 17.2 Å². The smallest absolute Gasteiger partial charge is 0.410 e. The number of phenolic OH excluding ortho intramolecular Hbond substituents is 1. The number of nitrogens with two attached hydrogens (primary N) is 1. The Morgan fingerprint density at radius 1 is 1.36 bits per heavy atom. The van der Waals surface area contributed by atoms with E-state index in [0.717, 1.165) is 6.07 Å². The quantitative estimate of drug-likeness (QED) is 0.617. The Bertz CT molecular complexity index is 561. The molecule has 1 heterocycles. The number of ether oxygens (including phenoxy) is 1. The van der Waals surface area contributed by atoms with Crippen molar-refractivity contribution in [2.45, 2.75) is 45.1 Å². The van der Waals surface area contributed by atoms with Crippen LogP contribution in [-0.2, 0) is 4.74 Å². The lowest BCUT2D eigenvalue weighted by Gasteiger charge is -2.33. The van der Waals surface area contributed by atoms with Crippen molar-refractivity contribution < 1.29 is 19.0 Å². The summed E-state index contributed by atoms with van der Waals surface area (Å²) in [5.41, 5.74) is 5.44. The van der Waals surface area contributed by atoms with Gasteiger partial charge in [0.05, 0.1) is 5.69 Å². The summed E-state index contributed by atoms with van der Waals surface area (Å²) in [5.74, 6) is -0.554. The van der Waals surface area contributed by atoms with Crippen molar-refractivity contribution in [3.05, 3.63) is 23.5 Å². The second kappa shape index (κ2) is 6.02. The number of rotatable bonds is 1. The molecule has 0 saturated carbocycles. The first kappa shape index (κ1) is 16.4. The van der Waals surface area contributed by atoms with Crippen LogP contribution in [0, 0.1) is 5.82 Å². The summed E-state index contributed by atoms with van der Waals surface area (Å²) in [6.07, 6.45) is 0.908. The number of piperidine rings is 1. The minimum Gasteiger partial charge on any atom is -0.506 e. The molecule has 2 rings (SSSR count). The summed E-state index contributed by atoms with van der Waals surface area (Å²) in [4.78, 5) is 13.6. The summed E-state index contributed by atoms with van der Waals surface area (Å²) in [6, 6.07) is 2.53. The van der Waals surface area contributed by atoms with Crippen molar-refractivity contribution in [2.24, 2.45) is 0 Å². The van der Waals surface area contributed by atoms with E-state index in [2.05, 4.69) is 0 Å². The molecule has 3 N–H and O–H groups in total. The lowest BCUT2D eigenvalue weighted by atomic mass is 9.89. The largest absolute Gasteiger partial charge is 0.506 e. The third-order valence-corrected chi connectivity index (χ3v) is 3.73. The van der Waals surface area contributed by atoms with Crippen LogP contribution in [0.1, 0.15) is 45.1 Å². The molecule has 0 aliphatic carbocycles. The van der Waals surface area contributed by atoms with E-state index in [1.54, 1.807) is 4.90 Å². The Morgan fingerprint density at radius 3 is 2.50 bits per heavy atom. The minimum atomic E-state index is -0.525. The molecule has 1 aliphatic heterocycles. The van der Waals surface area contributed by atoms with Gasteiger partial charge >= 0.3 is 6.09 Å². The number of carbonyl (C=O) groups is 1. The van der Waals surface area contributed by atoms with E-state index in [4.69, 9.17) is 10.5 Å². The number of carbonyl (C=O) groups excluding carboxylic acids is 1. The molecule has 0 atom stereocenters. The fourth-order valence-corrected chi connectivity index (χ4v) is 2.61. The lowest BCUT2D eigenvalue weighted by Crippen LogP contribution is -2.41. The molecule has 0 unspecified atom stereocenters. The molecule has 1 amide bonds. The van der Waals surface area contributed by atoms with Gasteiger partial charge in [-0.2, -0.15) is 0 Å². The Kier molecular flexibility index (Phi) is 4.49. The fourth-order valence-electron chi connectivity index (χ4n) is 2.61. The van der Waals surface area contributed by atoms with Crippen LogP contribution in [0.3, 0.4) is 0 Å². The third-order valence-electron chi connectivity index (χ3n) is 3.73. The minimum absolute atomic E-state index is 0.0347. The number of phenols is 1. The zero-order chi connectivity index (χ0) is 16.5. The number of likely N-dealkylation sites (tertiary alicyclic amines) is 1. The molecule has 0 aromatic heterocycles. The molecule has 1 fully saturated rings. The van der Waals surface area contributed by atoms with Gasteiger partial charge < -0.3 is 20.5 Å². The SMILES string of the molecule is CC(C)(C)OC(=O)N1CCC(c2cc(O)c(N)cc2F)CC1. The number of halogens is 1. The van der Waals surface area contributed by atoms with Crippen LogP contribution in [0.4, 0.5) is 14.9 Å². The number of hydrogen-bond acceptors (Lipinski definition) is 4. The Hall–Kier alpha value is -1.98. The fraction of sp³-hybridized carbons (Fsp3) is 0.562. The van der Waals surface area contributed by atoms with Crippen LogP contribution >= 0.6 is 0 Å². The molecule has 0 spiro atoms. The number of benzene rings is 1. The molecule has 1 aromatic rings. The number of nitrogens with zero attached hydrogens (tertiary/aromatic N) is 1. The second-order valence-electron chi connectivity index (χ2n) is 6.67. The van der Waals surface area contributed by atoms with E-state index in [9.17, 15) is 14.3 Å². The molecular formula is C16H23FN2O3. The monoisotopic (exact) mass is 310 g/mol. The van der Waals surface area contributed by atoms with Crippen molar-refractivity contribution in [2.75, 3.05) is 18.8 Å². The number of hydrogen-bond donors (Lipinski definition) is 2. The first-order valence-corrected chi connectivity index (χ1v) is 7.43. The molecule has 0 bridgehead atoms. The molecule has 1 saturated heterocycles. The second-order valence-corrected chi connectivity index (χ2v) is 6.67. The van der Waals surface area contributed by atoms with E-state index in [1.807, 2.05) is 20.8 Å². The number of nitrogen functional groups attached to an aromatic ring is 1. The van der Waals surface area contributed by atoms with Gasteiger partial charge in [-0.05, 0) is 51.2 Å². The third kappa shape index (κ3) is 3.81. The lowest BCUT2D eigenvalue weighted by molar-refractivity contribution is 0.0204. The summed E-state index contributed by atoms with van der Waals surface area (Å²) in [7, 11) is 0. The van der Waals surface area contributed by atoms with E-state index < -0.39 is 11.4 Å². The molecule has 1 aromatic carbocycles. The van der Waals surface area contributed by atoms with Gasteiger partial charge in [0.2, 0.25) is 0 Å². The maximum absolute atomic E-state index is 14.0. The van der Waals surface area contributed by atoms with Gasteiger partial charge in [0.25, 0.3) is 0 Å². The summed E-state index contributed by atoms with van der Waals surface area (Å²) < 4.78 is 19.3. The Morgan fingerprint density at radius 2 is 1.95 bits per heavy atom. The van der Waals surface area contributed by atoms with Crippen molar-refractivity contribution >= 4 is 11.8 Å². The molecular weight excluding hydrogens is 287 g/mol. The van der Waals surface area contributed by atoms with Gasteiger partial charge in [-0.3, -0.25) is 0 Å².